The summed E-state index contributed by atoms with van der Waals surface area (Å²) in [5.41, 5.74) is 4.21. The number of aliphatic hydroxyl groups excluding tert-OH is 1. The zero-order valence-electron chi connectivity index (χ0n) is 11.4. The van der Waals surface area contributed by atoms with Crippen LogP contribution in [0.25, 0.3) is 0 Å². The number of allylic oxidation sites excluding steroid dienone is 1. The number of alkyl halides is 2. The molecule has 0 spiro atoms. The third-order valence-corrected chi connectivity index (χ3v) is 2.79. The number of methoxy groups -OCH3 is 1. The molecule has 2 rings (SSSR count). The topological polar surface area (TPSA) is 54.0 Å². The van der Waals surface area contributed by atoms with Gasteiger partial charge in [-0.3, -0.25) is 5.01 Å². The van der Waals surface area contributed by atoms with Gasteiger partial charge >= 0.3 is 6.61 Å². The molecule has 0 saturated carbocycles. The van der Waals surface area contributed by atoms with Gasteiger partial charge in [-0.2, -0.15) is 8.78 Å². The molecule has 0 atom stereocenters. The molecule has 0 unspecified atom stereocenters. The van der Waals surface area contributed by atoms with Gasteiger partial charge in [0.15, 0.2) is 0 Å². The summed E-state index contributed by atoms with van der Waals surface area (Å²) >= 11 is 0. The highest BCUT2D eigenvalue weighted by molar-refractivity contribution is 5.28. The van der Waals surface area contributed by atoms with E-state index >= 15 is 0 Å². The first-order valence-corrected chi connectivity index (χ1v) is 6.25. The molecule has 114 valence electrons. The molecule has 0 bridgehead atoms. The van der Waals surface area contributed by atoms with Crippen LogP contribution in [-0.4, -0.2) is 30.4 Å². The number of halogens is 2. The summed E-state index contributed by atoms with van der Waals surface area (Å²) in [7, 11) is 1.58. The largest absolute Gasteiger partial charge is 0.497 e. The SMILES string of the molecule is COc1ccc(CN2C=C(OC(F)F)C=C(CO)N2)cc1. The van der Waals surface area contributed by atoms with Gasteiger partial charge in [-0.05, 0) is 17.7 Å². The number of rotatable bonds is 6. The van der Waals surface area contributed by atoms with Crippen molar-refractivity contribution < 1.29 is 23.4 Å². The molecule has 1 aliphatic heterocycles. The Kier molecular flexibility index (Phi) is 4.99. The molecule has 1 aromatic rings. The molecular formula is C14H16F2N2O3. The van der Waals surface area contributed by atoms with Crippen LogP contribution in [-0.2, 0) is 11.3 Å². The second-order valence-electron chi connectivity index (χ2n) is 4.33. The summed E-state index contributed by atoms with van der Waals surface area (Å²) in [6, 6.07) is 7.34. The Balaban J connectivity index is 2.07. The van der Waals surface area contributed by atoms with Crippen molar-refractivity contribution in [2.45, 2.75) is 13.2 Å². The summed E-state index contributed by atoms with van der Waals surface area (Å²) in [6.07, 6.45) is 2.74. The second-order valence-corrected chi connectivity index (χ2v) is 4.33. The van der Waals surface area contributed by atoms with Crippen molar-refractivity contribution in [3.8, 4) is 5.75 Å². The van der Waals surface area contributed by atoms with E-state index in [0.717, 1.165) is 11.3 Å². The molecule has 0 radical (unpaired) electrons. The maximum Gasteiger partial charge on any atom is 0.387 e. The fourth-order valence-electron chi connectivity index (χ4n) is 1.87. The Morgan fingerprint density at radius 1 is 1.29 bits per heavy atom. The molecule has 5 nitrogen and oxygen atoms in total. The third kappa shape index (κ3) is 4.35. The first-order valence-electron chi connectivity index (χ1n) is 6.25. The number of ether oxygens (including phenoxy) is 2. The second kappa shape index (κ2) is 6.94. The van der Waals surface area contributed by atoms with Crippen LogP contribution in [0.3, 0.4) is 0 Å². The predicted octanol–water partition coefficient (Wildman–Crippen LogP) is 1.97. The highest BCUT2D eigenvalue weighted by Crippen LogP contribution is 2.17. The van der Waals surface area contributed by atoms with Crippen molar-refractivity contribution >= 4 is 0 Å². The van der Waals surface area contributed by atoms with Crippen LogP contribution in [0, 0.1) is 0 Å². The van der Waals surface area contributed by atoms with E-state index in [1.54, 1.807) is 12.1 Å². The smallest absolute Gasteiger partial charge is 0.387 e. The van der Waals surface area contributed by atoms with E-state index in [2.05, 4.69) is 10.2 Å². The van der Waals surface area contributed by atoms with Crippen molar-refractivity contribution in [2.75, 3.05) is 13.7 Å². The van der Waals surface area contributed by atoms with E-state index in [1.807, 2.05) is 24.3 Å². The lowest BCUT2D eigenvalue weighted by atomic mass is 10.2. The maximum atomic E-state index is 12.3. The molecule has 0 aliphatic carbocycles. The van der Waals surface area contributed by atoms with Crippen LogP contribution in [0.4, 0.5) is 8.78 Å². The zero-order chi connectivity index (χ0) is 15.2. The molecule has 0 fully saturated rings. The molecule has 7 heteroatoms. The van der Waals surface area contributed by atoms with Crippen LogP contribution in [0.15, 0.2) is 48.0 Å². The van der Waals surface area contributed by atoms with Crippen LogP contribution in [0.1, 0.15) is 5.56 Å². The normalized spacial score (nSPS) is 14.4. The van der Waals surface area contributed by atoms with Gasteiger partial charge in [-0.15, -0.1) is 0 Å². The monoisotopic (exact) mass is 298 g/mol. The van der Waals surface area contributed by atoms with E-state index in [9.17, 15) is 8.78 Å². The van der Waals surface area contributed by atoms with E-state index in [-0.39, 0.29) is 12.4 Å². The first-order chi connectivity index (χ1) is 10.1. The van der Waals surface area contributed by atoms with Gasteiger partial charge in [-0.25, -0.2) is 0 Å². The van der Waals surface area contributed by atoms with Gasteiger partial charge in [0.05, 0.1) is 32.2 Å². The van der Waals surface area contributed by atoms with Crippen molar-refractivity contribution in [1.82, 2.24) is 10.4 Å². The number of aliphatic hydroxyl groups is 1. The number of nitrogens with zero attached hydrogens (tertiary/aromatic N) is 1. The Hall–Kier alpha value is -2.28. The Morgan fingerprint density at radius 3 is 2.57 bits per heavy atom. The minimum atomic E-state index is -2.91. The number of hydrazine groups is 1. The Bertz CT molecular complexity index is 530. The van der Waals surface area contributed by atoms with Gasteiger partial charge in [0.25, 0.3) is 0 Å². The Morgan fingerprint density at radius 2 is 2.00 bits per heavy atom. The molecule has 2 N–H and O–H groups in total. The quantitative estimate of drug-likeness (QED) is 0.841. The van der Waals surface area contributed by atoms with E-state index in [4.69, 9.17) is 9.84 Å². The average molecular weight is 298 g/mol. The maximum absolute atomic E-state index is 12.3. The molecule has 1 heterocycles. The van der Waals surface area contributed by atoms with Crippen molar-refractivity contribution in [1.29, 1.82) is 0 Å². The van der Waals surface area contributed by atoms with Crippen LogP contribution < -0.4 is 10.2 Å². The predicted molar refractivity (Wildman–Crippen MR) is 72.0 cm³/mol. The standard InChI is InChI=1S/C14H16F2N2O3/c1-20-12-4-2-10(3-5-12)7-18-8-13(21-14(15)16)6-11(9-19)17-18/h2-6,8,14,17,19H,7,9H2,1H3. The van der Waals surface area contributed by atoms with Gasteiger partial charge in [0.1, 0.15) is 11.5 Å². The van der Waals surface area contributed by atoms with E-state index in [0.29, 0.717) is 12.2 Å². The summed E-state index contributed by atoms with van der Waals surface area (Å²) in [4.78, 5) is 0. The highest BCUT2D eigenvalue weighted by Gasteiger charge is 2.15. The Labute approximate surface area is 121 Å². The zero-order valence-corrected chi connectivity index (χ0v) is 11.4. The molecular weight excluding hydrogens is 282 g/mol. The van der Waals surface area contributed by atoms with E-state index < -0.39 is 6.61 Å². The van der Waals surface area contributed by atoms with Crippen LogP contribution >= 0.6 is 0 Å². The summed E-state index contributed by atoms with van der Waals surface area (Å²) in [5, 5.41) is 10.7. The van der Waals surface area contributed by atoms with Gasteiger partial charge in [0.2, 0.25) is 0 Å². The third-order valence-electron chi connectivity index (χ3n) is 2.79. The van der Waals surface area contributed by atoms with Gasteiger partial charge < -0.3 is 20.0 Å². The van der Waals surface area contributed by atoms with E-state index in [1.165, 1.54) is 12.3 Å². The number of nitrogens with one attached hydrogen (secondary N) is 1. The summed E-state index contributed by atoms with van der Waals surface area (Å²) in [5.74, 6) is 0.722. The minimum absolute atomic E-state index is 0.0127. The van der Waals surface area contributed by atoms with Crippen molar-refractivity contribution in [2.24, 2.45) is 0 Å². The van der Waals surface area contributed by atoms with Crippen molar-refractivity contribution in [3.05, 3.63) is 53.6 Å². The van der Waals surface area contributed by atoms with Crippen LogP contribution in [0.5, 0.6) is 5.75 Å². The summed E-state index contributed by atoms with van der Waals surface area (Å²) in [6.45, 7) is -2.80. The van der Waals surface area contributed by atoms with Crippen molar-refractivity contribution in [3.63, 3.8) is 0 Å². The average Bonchev–Trinajstić information content (AvgIpc) is 2.47. The molecule has 0 saturated heterocycles. The highest BCUT2D eigenvalue weighted by atomic mass is 19.3. The lowest BCUT2D eigenvalue weighted by molar-refractivity contribution is -0.0943. The van der Waals surface area contributed by atoms with Gasteiger partial charge in [0, 0.05) is 6.08 Å². The molecule has 21 heavy (non-hydrogen) atoms. The van der Waals surface area contributed by atoms with Gasteiger partial charge in [-0.1, -0.05) is 12.1 Å². The number of hydrogen-bond donors (Lipinski definition) is 2. The molecule has 1 aliphatic rings. The molecule has 0 amide bonds. The lowest BCUT2D eigenvalue weighted by Crippen LogP contribution is -2.36. The fourth-order valence-corrected chi connectivity index (χ4v) is 1.87. The lowest BCUT2D eigenvalue weighted by Gasteiger charge is -2.28. The summed E-state index contributed by atoms with van der Waals surface area (Å²) < 4.78 is 34.0. The first kappa shape index (κ1) is 15.1. The number of benzene rings is 1. The number of hydrogen-bond acceptors (Lipinski definition) is 5. The fraction of sp³-hybridized carbons (Fsp3) is 0.286. The minimum Gasteiger partial charge on any atom is -0.497 e. The molecule has 0 aromatic heterocycles. The molecule has 1 aromatic carbocycles. The van der Waals surface area contributed by atoms with Crippen LogP contribution in [0.2, 0.25) is 0 Å².